The average molecular weight is 248 g/mol. The van der Waals surface area contributed by atoms with Crippen LogP contribution in [0.2, 0.25) is 10.0 Å². The lowest BCUT2D eigenvalue weighted by molar-refractivity contribution is 1.48. The first-order valence-electron chi connectivity index (χ1n) is 4.67. The lowest BCUT2D eigenvalue weighted by Gasteiger charge is -2.08. The molecule has 0 N–H and O–H groups in total. The van der Waals surface area contributed by atoms with Crippen LogP contribution < -0.4 is 0 Å². The maximum atomic E-state index is 9.03. The van der Waals surface area contributed by atoms with E-state index in [9.17, 15) is 0 Å². The number of benzene rings is 2. The molecule has 0 aromatic heterocycles. The van der Waals surface area contributed by atoms with E-state index in [1.165, 1.54) is 0 Å². The Labute approximate surface area is 104 Å². The summed E-state index contributed by atoms with van der Waals surface area (Å²) in [5, 5.41) is 10.1. The molecular weight excluding hydrogens is 241 g/mol. The fourth-order valence-electron chi connectivity index (χ4n) is 1.55. The van der Waals surface area contributed by atoms with E-state index in [1.807, 2.05) is 18.2 Å². The van der Waals surface area contributed by atoms with E-state index in [1.54, 1.807) is 24.3 Å². The molecule has 1 nitrogen and oxygen atoms in total. The van der Waals surface area contributed by atoms with Crippen molar-refractivity contribution in [1.29, 1.82) is 5.26 Å². The zero-order chi connectivity index (χ0) is 11.5. The quantitative estimate of drug-likeness (QED) is 0.727. The fourth-order valence-corrected chi connectivity index (χ4v) is 2.15. The molecular formula is C13H7Cl2N. The maximum absolute atomic E-state index is 9.03. The minimum Gasteiger partial charge on any atom is -0.192 e. The van der Waals surface area contributed by atoms with Gasteiger partial charge in [0.05, 0.1) is 11.6 Å². The number of halogens is 2. The van der Waals surface area contributed by atoms with Gasteiger partial charge in [0.25, 0.3) is 0 Å². The highest BCUT2D eigenvalue weighted by Crippen LogP contribution is 2.35. The van der Waals surface area contributed by atoms with E-state index < -0.39 is 0 Å². The molecule has 0 atom stereocenters. The normalized spacial score (nSPS) is 9.81. The molecule has 0 fully saturated rings. The van der Waals surface area contributed by atoms with E-state index in [0.717, 1.165) is 5.56 Å². The molecule has 0 saturated carbocycles. The standard InChI is InChI=1S/C13H7Cl2N/c14-11-6-3-7-12(15)13(11)10-5-2-1-4-9(10)8-16/h1-7H. The van der Waals surface area contributed by atoms with Gasteiger partial charge in [-0.15, -0.1) is 0 Å². The Morgan fingerprint density at radius 1 is 0.875 bits per heavy atom. The first kappa shape index (κ1) is 11.0. The van der Waals surface area contributed by atoms with Crippen LogP contribution in [0.1, 0.15) is 5.56 Å². The largest absolute Gasteiger partial charge is 0.192 e. The predicted molar refractivity (Wildman–Crippen MR) is 66.6 cm³/mol. The van der Waals surface area contributed by atoms with Crippen LogP contribution in [0.25, 0.3) is 11.1 Å². The second kappa shape index (κ2) is 4.57. The van der Waals surface area contributed by atoms with Crippen LogP contribution in [-0.4, -0.2) is 0 Å². The van der Waals surface area contributed by atoms with Crippen LogP contribution in [0.5, 0.6) is 0 Å². The summed E-state index contributed by atoms with van der Waals surface area (Å²) in [6.07, 6.45) is 0. The minimum atomic E-state index is 0.551. The first-order valence-corrected chi connectivity index (χ1v) is 5.43. The van der Waals surface area contributed by atoms with E-state index in [-0.39, 0.29) is 0 Å². The Morgan fingerprint density at radius 3 is 2.12 bits per heavy atom. The molecule has 3 heteroatoms. The van der Waals surface area contributed by atoms with Crippen molar-refractivity contribution in [3.63, 3.8) is 0 Å². The third kappa shape index (κ3) is 1.90. The van der Waals surface area contributed by atoms with Gasteiger partial charge in [-0.1, -0.05) is 47.5 Å². The van der Waals surface area contributed by atoms with Gasteiger partial charge in [-0.25, -0.2) is 0 Å². The van der Waals surface area contributed by atoms with E-state index in [4.69, 9.17) is 28.5 Å². The smallest absolute Gasteiger partial charge is 0.0998 e. The zero-order valence-electron chi connectivity index (χ0n) is 8.24. The summed E-state index contributed by atoms with van der Waals surface area (Å²) in [4.78, 5) is 0. The van der Waals surface area contributed by atoms with Crippen molar-refractivity contribution in [3.05, 3.63) is 58.1 Å². The summed E-state index contributed by atoms with van der Waals surface area (Å²) >= 11 is 12.2. The zero-order valence-corrected chi connectivity index (χ0v) is 9.76. The van der Waals surface area contributed by atoms with Crippen molar-refractivity contribution in [1.82, 2.24) is 0 Å². The van der Waals surface area contributed by atoms with E-state index in [0.29, 0.717) is 21.2 Å². The minimum absolute atomic E-state index is 0.551. The van der Waals surface area contributed by atoms with Crippen molar-refractivity contribution in [2.24, 2.45) is 0 Å². The Hall–Kier alpha value is -1.49. The van der Waals surface area contributed by atoms with Gasteiger partial charge in [0, 0.05) is 21.2 Å². The molecule has 0 aliphatic carbocycles. The SMILES string of the molecule is N#Cc1ccccc1-c1c(Cl)cccc1Cl. The van der Waals surface area contributed by atoms with Crippen LogP contribution in [0.3, 0.4) is 0 Å². The third-order valence-electron chi connectivity index (χ3n) is 2.28. The number of nitriles is 1. The molecule has 0 unspecified atom stereocenters. The Morgan fingerprint density at radius 2 is 1.50 bits per heavy atom. The van der Waals surface area contributed by atoms with E-state index >= 15 is 0 Å². The first-order chi connectivity index (χ1) is 7.74. The van der Waals surface area contributed by atoms with Crippen molar-refractivity contribution in [2.75, 3.05) is 0 Å². The number of hydrogen-bond donors (Lipinski definition) is 0. The summed E-state index contributed by atoms with van der Waals surface area (Å²) in [6.45, 7) is 0. The molecule has 2 aromatic carbocycles. The van der Waals surface area contributed by atoms with Gasteiger partial charge >= 0.3 is 0 Å². The second-order valence-corrected chi connectivity index (χ2v) is 4.07. The van der Waals surface area contributed by atoms with Crippen LogP contribution in [0.15, 0.2) is 42.5 Å². The van der Waals surface area contributed by atoms with Crippen molar-refractivity contribution in [2.45, 2.75) is 0 Å². The number of nitrogens with zero attached hydrogens (tertiary/aromatic N) is 1. The fraction of sp³-hybridized carbons (Fsp3) is 0. The van der Waals surface area contributed by atoms with Gasteiger partial charge in [0.2, 0.25) is 0 Å². The molecule has 0 spiro atoms. The Balaban J connectivity index is 2.73. The molecule has 0 heterocycles. The Kier molecular flexibility index (Phi) is 3.14. The molecule has 78 valence electrons. The van der Waals surface area contributed by atoms with E-state index in [2.05, 4.69) is 6.07 Å². The van der Waals surface area contributed by atoms with Gasteiger partial charge in [-0.3, -0.25) is 0 Å². The molecule has 0 saturated heterocycles. The summed E-state index contributed by atoms with van der Waals surface area (Å²) in [5.41, 5.74) is 2.04. The highest BCUT2D eigenvalue weighted by molar-refractivity contribution is 6.39. The van der Waals surface area contributed by atoms with Gasteiger partial charge in [-0.05, 0) is 18.2 Å². The highest BCUT2D eigenvalue weighted by Gasteiger charge is 2.11. The van der Waals surface area contributed by atoms with Crippen LogP contribution in [0, 0.1) is 11.3 Å². The lowest BCUT2D eigenvalue weighted by atomic mass is 10.0. The molecule has 0 bridgehead atoms. The maximum Gasteiger partial charge on any atom is 0.0998 e. The second-order valence-electron chi connectivity index (χ2n) is 3.25. The molecule has 16 heavy (non-hydrogen) atoms. The molecule has 2 aromatic rings. The van der Waals surface area contributed by atoms with Crippen LogP contribution >= 0.6 is 23.2 Å². The van der Waals surface area contributed by atoms with Crippen molar-refractivity contribution >= 4 is 23.2 Å². The summed E-state index contributed by atoms with van der Waals surface area (Å²) < 4.78 is 0. The summed E-state index contributed by atoms with van der Waals surface area (Å²) in [6, 6.07) is 14.7. The van der Waals surface area contributed by atoms with Gasteiger partial charge < -0.3 is 0 Å². The van der Waals surface area contributed by atoms with Crippen LogP contribution in [-0.2, 0) is 0 Å². The van der Waals surface area contributed by atoms with Gasteiger partial charge in [0.1, 0.15) is 0 Å². The average Bonchev–Trinajstić information content (AvgIpc) is 2.29. The molecule has 2 rings (SSSR count). The number of hydrogen-bond acceptors (Lipinski definition) is 1. The number of rotatable bonds is 1. The van der Waals surface area contributed by atoms with Gasteiger partial charge in [0.15, 0.2) is 0 Å². The molecule has 0 aliphatic heterocycles. The molecule has 0 radical (unpaired) electrons. The third-order valence-corrected chi connectivity index (χ3v) is 2.91. The highest BCUT2D eigenvalue weighted by atomic mass is 35.5. The topological polar surface area (TPSA) is 23.8 Å². The van der Waals surface area contributed by atoms with Gasteiger partial charge in [-0.2, -0.15) is 5.26 Å². The van der Waals surface area contributed by atoms with Crippen LogP contribution in [0.4, 0.5) is 0 Å². The molecule has 0 aliphatic rings. The molecule has 0 amide bonds. The Bertz CT molecular complexity index is 550. The predicted octanol–water partition coefficient (Wildman–Crippen LogP) is 4.53. The lowest BCUT2D eigenvalue weighted by Crippen LogP contribution is -1.86. The monoisotopic (exact) mass is 247 g/mol. The summed E-state index contributed by atoms with van der Waals surface area (Å²) in [5.74, 6) is 0. The van der Waals surface area contributed by atoms with Crippen molar-refractivity contribution < 1.29 is 0 Å². The van der Waals surface area contributed by atoms with Crippen molar-refractivity contribution in [3.8, 4) is 17.2 Å². The summed E-state index contributed by atoms with van der Waals surface area (Å²) in [7, 11) is 0.